The molecule has 2 aromatic carbocycles. The van der Waals surface area contributed by atoms with Gasteiger partial charge in [-0.1, -0.05) is 48.3 Å². The first-order valence-corrected chi connectivity index (χ1v) is 7.21. The second-order valence-electron chi connectivity index (χ2n) is 4.49. The molecule has 1 N–H and O–H groups in total. The quantitative estimate of drug-likeness (QED) is 0.840. The van der Waals surface area contributed by atoms with E-state index in [2.05, 4.69) is 0 Å². The summed E-state index contributed by atoms with van der Waals surface area (Å²) in [5.74, 6) is 0.665. The zero-order chi connectivity index (χ0) is 14.5. The Morgan fingerprint density at radius 3 is 2.65 bits per heavy atom. The van der Waals surface area contributed by atoms with Crippen LogP contribution in [-0.2, 0) is 6.61 Å². The van der Waals surface area contributed by atoms with Gasteiger partial charge >= 0.3 is 0 Å². The maximum atomic E-state index is 9.98. The van der Waals surface area contributed by atoms with Crippen molar-refractivity contribution in [2.24, 2.45) is 0 Å². The van der Waals surface area contributed by atoms with Crippen LogP contribution in [0.5, 0.6) is 5.75 Å². The van der Waals surface area contributed by atoms with E-state index in [1.54, 1.807) is 18.2 Å². The molecule has 20 heavy (non-hydrogen) atoms. The second kappa shape index (κ2) is 6.98. The van der Waals surface area contributed by atoms with Gasteiger partial charge in [-0.25, -0.2) is 0 Å². The minimum absolute atomic E-state index is 0.312. The van der Waals surface area contributed by atoms with Crippen LogP contribution in [0.3, 0.4) is 0 Å². The maximum Gasteiger partial charge on any atom is 0.125 e. The highest BCUT2D eigenvalue weighted by Gasteiger charge is 2.11. The third-order valence-corrected chi connectivity index (χ3v) is 3.66. The number of aliphatic hydroxyl groups is 1. The Bertz CT molecular complexity index is 584. The summed E-state index contributed by atoms with van der Waals surface area (Å²) in [5.41, 5.74) is 1.60. The van der Waals surface area contributed by atoms with Gasteiger partial charge in [-0.3, -0.25) is 0 Å². The molecule has 2 nitrogen and oxygen atoms in total. The number of hydrogen-bond donors (Lipinski definition) is 1. The summed E-state index contributed by atoms with van der Waals surface area (Å²) in [4.78, 5) is 0. The minimum atomic E-state index is -0.527. The van der Waals surface area contributed by atoms with Crippen molar-refractivity contribution in [1.29, 1.82) is 0 Å². The lowest BCUT2D eigenvalue weighted by Crippen LogP contribution is -2.02. The fraction of sp³-hybridized carbons (Fsp3) is 0.250. The molecular formula is C16H16Cl2O2. The molecule has 0 heterocycles. The minimum Gasteiger partial charge on any atom is -0.488 e. The zero-order valence-corrected chi connectivity index (χ0v) is 12.7. The molecule has 0 aliphatic rings. The third kappa shape index (κ3) is 3.66. The van der Waals surface area contributed by atoms with Gasteiger partial charge < -0.3 is 9.84 Å². The molecule has 2 rings (SSSR count). The first-order valence-electron chi connectivity index (χ1n) is 6.45. The van der Waals surface area contributed by atoms with E-state index < -0.39 is 6.10 Å². The number of aliphatic hydroxyl groups excluding tert-OH is 1. The molecule has 2 aromatic rings. The first-order chi connectivity index (χ1) is 9.61. The van der Waals surface area contributed by atoms with E-state index >= 15 is 0 Å². The van der Waals surface area contributed by atoms with Crippen LogP contribution < -0.4 is 4.74 Å². The van der Waals surface area contributed by atoms with Crippen LogP contribution in [0.1, 0.15) is 30.6 Å². The molecule has 0 spiro atoms. The summed E-state index contributed by atoms with van der Waals surface area (Å²) in [6.45, 7) is 2.24. The van der Waals surface area contributed by atoms with E-state index in [1.807, 2.05) is 31.2 Å². The molecule has 0 aromatic heterocycles. The Balaban J connectivity index is 2.17. The molecule has 0 saturated carbocycles. The number of rotatable bonds is 5. The van der Waals surface area contributed by atoms with Crippen LogP contribution in [0, 0.1) is 0 Å². The van der Waals surface area contributed by atoms with E-state index in [9.17, 15) is 5.11 Å². The number of benzene rings is 2. The van der Waals surface area contributed by atoms with Crippen molar-refractivity contribution in [3.05, 3.63) is 63.6 Å². The predicted molar refractivity (Wildman–Crippen MR) is 82.5 cm³/mol. The molecule has 1 atom stereocenters. The molecule has 0 aliphatic heterocycles. The van der Waals surface area contributed by atoms with Gasteiger partial charge in [0.2, 0.25) is 0 Å². The molecule has 0 unspecified atom stereocenters. The summed E-state index contributed by atoms with van der Waals surface area (Å²) >= 11 is 12.1. The van der Waals surface area contributed by atoms with Crippen LogP contribution >= 0.6 is 23.2 Å². The molecule has 0 fully saturated rings. The van der Waals surface area contributed by atoms with Crippen LogP contribution in [0.15, 0.2) is 42.5 Å². The highest BCUT2D eigenvalue weighted by Crippen LogP contribution is 2.29. The fourth-order valence-electron chi connectivity index (χ4n) is 1.92. The Hall–Kier alpha value is -1.22. The normalized spacial score (nSPS) is 12.2. The molecule has 0 saturated heterocycles. The average Bonchev–Trinajstić information content (AvgIpc) is 2.47. The van der Waals surface area contributed by atoms with Crippen molar-refractivity contribution in [2.75, 3.05) is 0 Å². The van der Waals surface area contributed by atoms with Crippen molar-refractivity contribution < 1.29 is 9.84 Å². The summed E-state index contributed by atoms with van der Waals surface area (Å²) in [6, 6.07) is 12.7. The highest BCUT2D eigenvalue weighted by molar-refractivity contribution is 6.33. The van der Waals surface area contributed by atoms with Crippen molar-refractivity contribution in [2.45, 2.75) is 26.1 Å². The van der Waals surface area contributed by atoms with E-state index in [0.29, 0.717) is 28.8 Å². The smallest absolute Gasteiger partial charge is 0.125 e. The Morgan fingerprint density at radius 2 is 1.90 bits per heavy atom. The molecule has 106 valence electrons. The van der Waals surface area contributed by atoms with E-state index in [1.165, 1.54) is 0 Å². The van der Waals surface area contributed by atoms with Crippen molar-refractivity contribution in [3.63, 3.8) is 0 Å². The van der Waals surface area contributed by atoms with Crippen molar-refractivity contribution in [1.82, 2.24) is 0 Å². The standard InChI is InChI=1S/C16H16Cl2O2/c1-2-15(19)13-5-3-4-6-16(13)20-10-11-9-12(17)7-8-14(11)18/h3-9,15,19H,2,10H2,1H3/t15-/m1/s1. The Morgan fingerprint density at radius 1 is 1.15 bits per heavy atom. The van der Waals surface area contributed by atoms with Gasteiger partial charge in [-0.05, 0) is 30.7 Å². The average molecular weight is 311 g/mol. The second-order valence-corrected chi connectivity index (χ2v) is 5.33. The highest BCUT2D eigenvalue weighted by atomic mass is 35.5. The lowest BCUT2D eigenvalue weighted by atomic mass is 10.1. The molecule has 0 bridgehead atoms. The van der Waals surface area contributed by atoms with Crippen molar-refractivity contribution >= 4 is 23.2 Å². The SMILES string of the molecule is CC[C@@H](O)c1ccccc1OCc1cc(Cl)ccc1Cl. The summed E-state index contributed by atoms with van der Waals surface area (Å²) in [7, 11) is 0. The van der Waals surface area contributed by atoms with Gasteiger partial charge in [0.15, 0.2) is 0 Å². The number of halogens is 2. The van der Waals surface area contributed by atoms with Crippen LogP contribution in [-0.4, -0.2) is 5.11 Å². The van der Waals surface area contributed by atoms with E-state index in [4.69, 9.17) is 27.9 Å². The summed E-state index contributed by atoms with van der Waals surface area (Å²) in [6.07, 6.45) is 0.110. The van der Waals surface area contributed by atoms with Crippen LogP contribution in [0.25, 0.3) is 0 Å². The molecule has 4 heteroatoms. The lowest BCUT2D eigenvalue weighted by molar-refractivity contribution is 0.166. The van der Waals surface area contributed by atoms with Gasteiger partial charge in [-0.15, -0.1) is 0 Å². The third-order valence-electron chi connectivity index (χ3n) is 3.06. The summed E-state index contributed by atoms with van der Waals surface area (Å²) in [5, 5.41) is 11.2. The monoisotopic (exact) mass is 310 g/mol. The fourth-order valence-corrected chi connectivity index (χ4v) is 2.28. The predicted octanol–water partition coefficient (Wildman–Crippen LogP) is 5.02. The number of hydrogen-bond acceptors (Lipinski definition) is 2. The number of ether oxygens (including phenoxy) is 1. The van der Waals surface area contributed by atoms with Gasteiger partial charge in [0, 0.05) is 21.2 Å². The maximum absolute atomic E-state index is 9.98. The van der Waals surface area contributed by atoms with E-state index in [0.717, 1.165) is 11.1 Å². The van der Waals surface area contributed by atoms with Crippen LogP contribution in [0.4, 0.5) is 0 Å². The summed E-state index contributed by atoms with van der Waals surface area (Å²) < 4.78 is 5.78. The molecule has 0 amide bonds. The molecule has 0 aliphatic carbocycles. The first kappa shape index (κ1) is 15.2. The van der Waals surface area contributed by atoms with Crippen molar-refractivity contribution in [3.8, 4) is 5.75 Å². The topological polar surface area (TPSA) is 29.5 Å². The van der Waals surface area contributed by atoms with Gasteiger partial charge in [0.1, 0.15) is 12.4 Å². The van der Waals surface area contributed by atoms with Gasteiger partial charge in [0.25, 0.3) is 0 Å². The molecular weight excluding hydrogens is 295 g/mol. The lowest BCUT2D eigenvalue weighted by Gasteiger charge is -2.15. The van der Waals surface area contributed by atoms with Gasteiger partial charge in [-0.2, -0.15) is 0 Å². The zero-order valence-electron chi connectivity index (χ0n) is 11.1. The van der Waals surface area contributed by atoms with Gasteiger partial charge in [0.05, 0.1) is 6.10 Å². The largest absolute Gasteiger partial charge is 0.488 e. The van der Waals surface area contributed by atoms with Crippen LogP contribution in [0.2, 0.25) is 10.0 Å². The van der Waals surface area contributed by atoms with E-state index in [-0.39, 0.29) is 0 Å². The Labute approximate surface area is 128 Å². The molecule has 0 radical (unpaired) electrons. The number of para-hydroxylation sites is 1. The Kier molecular flexibility index (Phi) is 5.30.